The van der Waals surface area contributed by atoms with Crippen LogP contribution in [0.5, 0.6) is 0 Å². The lowest BCUT2D eigenvalue weighted by molar-refractivity contribution is 0.597. The van der Waals surface area contributed by atoms with Gasteiger partial charge in [0.05, 0.1) is 21.6 Å². The van der Waals surface area contributed by atoms with Crippen molar-refractivity contribution in [2.45, 2.75) is 38.5 Å². The first kappa shape index (κ1) is 10.6. The molecule has 4 heteroatoms. The second-order valence-corrected chi connectivity index (χ2v) is 7.18. The van der Waals surface area contributed by atoms with Crippen molar-refractivity contribution in [2.75, 3.05) is 11.5 Å². The third kappa shape index (κ3) is 2.16. The average Bonchev–Trinajstić information content (AvgIpc) is 2.19. The fourth-order valence-electron chi connectivity index (χ4n) is 2.11. The van der Waals surface area contributed by atoms with Crippen molar-refractivity contribution in [2.24, 2.45) is 0 Å². The Labute approximate surface area is 90.1 Å². The number of hydrogen-bond acceptors (Lipinski definition) is 2. The van der Waals surface area contributed by atoms with Crippen LogP contribution in [0.3, 0.4) is 0 Å². The lowest BCUT2D eigenvalue weighted by atomic mass is 9.96. The average molecular weight is 232 g/mol. The van der Waals surface area contributed by atoms with E-state index in [1.165, 1.54) is 24.8 Å². The maximum atomic E-state index is 11.8. The van der Waals surface area contributed by atoms with Crippen molar-refractivity contribution >= 4 is 21.6 Å². The SMILES string of the molecule is O=S1CCCS(=O)C1=C1CCCCC1. The van der Waals surface area contributed by atoms with Gasteiger partial charge in [0.2, 0.25) is 0 Å². The molecule has 0 amide bonds. The predicted octanol–water partition coefficient (Wildman–Crippen LogP) is 2.06. The number of hydrogen-bond donors (Lipinski definition) is 0. The molecule has 80 valence electrons. The summed E-state index contributed by atoms with van der Waals surface area (Å²) >= 11 is 0. The quantitative estimate of drug-likeness (QED) is 0.640. The molecule has 1 aliphatic carbocycles. The zero-order valence-corrected chi connectivity index (χ0v) is 9.92. The third-order valence-electron chi connectivity index (χ3n) is 2.82. The monoisotopic (exact) mass is 232 g/mol. The van der Waals surface area contributed by atoms with Crippen LogP contribution in [-0.4, -0.2) is 19.9 Å². The normalized spacial score (nSPS) is 34.6. The van der Waals surface area contributed by atoms with E-state index in [1.54, 1.807) is 0 Å². The van der Waals surface area contributed by atoms with Crippen molar-refractivity contribution in [3.05, 3.63) is 9.81 Å². The van der Waals surface area contributed by atoms with E-state index in [1.807, 2.05) is 0 Å². The van der Waals surface area contributed by atoms with Crippen LogP contribution in [0, 0.1) is 0 Å². The molecule has 1 saturated carbocycles. The van der Waals surface area contributed by atoms with Crippen LogP contribution in [-0.2, 0) is 21.6 Å². The first-order chi connectivity index (χ1) is 6.79. The van der Waals surface area contributed by atoms with Crippen molar-refractivity contribution in [3.8, 4) is 0 Å². The molecule has 0 N–H and O–H groups in total. The molecule has 1 aliphatic heterocycles. The standard InChI is InChI=1S/C10H16O2S2/c11-13-7-4-8-14(12)10(13)9-5-2-1-3-6-9/h1-8H2. The van der Waals surface area contributed by atoms with E-state index in [-0.39, 0.29) is 0 Å². The van der Waals surface area contributed by atoms with Gasteiger partial charge >= 0.3 is 0 Å². The van der Waals surface area contributed by atoms with Crippen LogP contribution in [0.2, 0.25) is 0 Å². The molecule has 2 unspecified atom stereocenters. The Bertz CT molecular complexity index is 281. The van der Waals surface area contributed by atoms with Gasteiger partial charge in [0, 0.05) is 11.5 Å². The predicted molar refractivity (Wildman–Crippen MR) is 60.7 cm³/mol. The molecule has 2 fully saturated rings. The maximum Gasteiger partial charge on any atom is 0.102 e. The molecule has 14 heavy (non-hydrogen) atoms. The van der Waals surface area contributed by atoms with E-state index in [9.17, 15) is 8.42 Å². The Morgan fingerprint density at radius 1 is 0.786 bits per heavy atom. The van der Waals surface area contributed by atoms with Crippen LogP contribution in [0.4, 0.5) is 0 Å². The summed E-state index contributed by atoms with van der Waals surface area (Å²) in [7, 11) is -1.85. The molecule has 0 aromatic heterocycles. The molecule has 0 radical (unpaired) electrons. The van der Waals surface area contributed by atoms with Gasteiger partial charge in [-0.05, 0) is 37.7 Å². The summed E-state index contributed by atoms with van der Waals surface area (Å²) < 4.78 is 24.3. The van der Waals surface area contributed by atoms with Crippen LogP contribution in [0.25, 0.3) is 0 Å². The van der Waals surface area contributed by atoms with Crippen molar-refractivity contribution in [1.82, 2.24) is 0 Å². The summed E-state index contributed by atoms with van der Waals surface area (Å²) in [6, 6.07) is 0. The minimum Gasteiger partial charge on any atom is -0.254 e. The van der Waals surface area contributed by atoms with Crippen molar-refractivity contribution < 1.29 is 8.42 Å². The van der Waals surface area contributed by atoms with E-state index in [0.717, 1.165) is 35.0 Å². The van der Waals surface area contributed by atoms with Gasteiger partial charge in [0.1, 0.15) is 4.24 Å². The topological polar surface area (TPSA) is 34.1 Å². The molecule has 2 nitrogen and oxygen atoms in total. The highest BCUT2D eigenvalue weighted by atomic mass is 32.2. The van der Waals surface area contributed by atoms with E-state index in [4.69, 9.17) is 0 Å². The molecule has 0 aromatic rings. The van der Waals surface area contributed by atoms with E-state index in [2.05, 4.69) is 0 Å². The highest BCUT2D eigenvalue weighted by Gasteiger charge is 2.25. The molecule has 0 bridgehead atoms. The Morgan fingerprint density at radius 2 is 1.36 bits per heavy atom. The second-order valence-electron chi connectivity index (χ2n) is 3.90. The molecule has 2 atom stereocenters. The summed E-state index contributed by atoms with van der Waals surface area (Å²) in [4.78, 5) is 0. The summed E-state index contributed by atoms with van der Waals surface area (Å²) in [5.41, 5.74) is 1.26. The van der Waals surface area contributed by atoms with E-state index >= 15 is 0 Å². The lowest BCUT2D eigenvalue weighted by Crippen LogP contribution is -2.19. The van der Waals surface area contributed by atoms with Gasteiger partial charge in [0.15, 0.2) is 0 Å². The lowest BCUT2D eigenvalue weighted by Gasteiger charge is -2.21. The largest absolute Gasteiger partial charge is 0.254 e. The Morgan fingerprint density at radius 3 is 1.93 bits per heavy atom. The smallest absolute Gasteiger partial charge is 0.102 e. The van der Waals surface area contributed by atoms with Gasteiger partial charge in [-0.3, -0.25) is 8.42 Å². The zero-order valence-electron chi connectivity index (χ0n) is 8.29. The van der Waals surface area contributed by atoms with Gasteiger partial charge in [0.25, 0.3) is 0 Å². The first-order valence-electron chi connectivity index (χ1n) is 5.28. The van der Waals surface area contributed by atoms with E-state index in [0.29, 0.717) is 0 Å². The number of rotatable bonds is 0. The third-order valence-corrected chi connectivity index (χ3v) is 6.66. The molecular weight excluding hydrogens is 216 g/mol. The molecule has 0 spiro atoms. The Hall–Kier alpha value is 0.0400. The van der Waals surface area contributed by atoms with Gasteiger partial charge in [-0.2, -0.15) is 0 Å². The van der Waals surface area contributed by atoms with Gasteiger partial charge in [-0.25, -0.2) is 0 Å². The molecule has 2 aliphatic rings. The summed E-state index contributed by atoms with van der Waals surface area (Å²) in [6.45, 7) is 0. The van der Waals surface area contributed by atoms with Crippen LogP contribution in [0.1, 0.15) is 38.5 Å². The summed E-state index contributed by atoms with van der Waals surface area (Å²) in [6.07, 6.45) is 6.58. The maximum absolute atomic E-state index is 11.8. The summed E-state index contributed by atoms with van der Waals surface area (Å²) in [5, 5.41) is 0. The van der Waals surface area contributed by atoms with Crippen molar-refractivity contribution in [1.29, 1.82) is 0 Å². The zero-order chi connectivity index (χ0) is 9.97. The fraction of sp³-hybridized carbons (Fsp3) is 0.800. The van der Waals surface area contributed by atoms with E-state index < -0.39 is 21.6 Å². The molecule has 1 saturated heterocycles. The minimum absolute atomic E-state index is 0.727. The fourth-order valence-corrected chi connectivity index (χ4v) is 5.86. The highest BCUT2D eigenvalue weighted by molar-refractivity contribution is 8.09. The van der Waals surface area contributed by atoms with Crippen molar-refractivity contribution in [3.63, 3.8) is 0 Å². The second kappa shape index (κ2) is 4.71. The summed E-state index contributed by atoms with van der Waals surface area (Å²) in [5.74, 6) is 1.45. The van der Waals surface area contributed by atoms with Gasteiger partial charge < -0.3 is 0 Å². The van der Waals surface area contributed by atoms with Gasteiger partial charge in [-0.15, -0.1) is 0 Å². The molecular formula is C10H16O2S2. The first-order valence-corrected chi connectivity index (χ1v) is 7.91. The van der Waals surface area contributed by atoms with Crippen LogP contribution >= 0.6 is 0 Å². The Balaban J connectivity index is 2.26. The van der Waals surface area contributed by atoms with Crippen LogP contribution in [0.15, 0.2) is 9.81 Å². The molecule has 2 rings (SSSR count). The van der Waals surface area contributed by atoms with Crippen LogP contribution < -0.4 is 0 Å². The highest BCUT2D eigenvalue weighted by Crippen LogP contribution is 2.30. The molecule has 1 heterocycles. The number of allylic oxidation sites excluding steroid dienone is 1. The van der Waals surface area contributed by atoms with Gasteiger partial charge in [-0.1, -0.05) is 6.42 Å². The minimum atomic E-state index is -0.926. The Kier molecular flexibility index (Phi) is 3.55. The molecule has 0 aromatic carbocycles.